The normalized spacial score (nSPS) is 9.95. The topological polar surface area (TPSA) is 83.7 Å². The molecule has 0 fully saturated rings. The smallest absolute Gasteiger partial charge is 0.321 e. The molecule has 0 radical (unpaired) electrons. The third-order valence-corrected chi connectivity index (χ3v) is 3.15. The van der Waals surface area contributed by atoms with Gasteiger partial charge in [-0.25, -0.2) is 0 Å². The average molecular weight is 275 g/mol. The van der Waals surface area contributed by atoms with Gasteiger partial charge in [0.2, 0.25) is 5.95 Å². The molecular formula is C12H13N5OS. The van der Waals surface area contributed by atoms with Gasteiger partial charge in [-0.2, -0.15) is 20.2 Å². The summed E-state index contributed by atoms with van der Waals surface area (Å²) in [4.78, 5) is 14.1. The zero-order valence-electron chi connectivity index (χ0n) is 10.7. The standard InChI is InChI=1S/C12H13N5OS/c1-3-14-11-15-10(16-12(17-11)18-4-2)9-6-5-8(7-13)19-9/h5-6H,3-4H2,1-2H3,(H,14,15,16,17). The molecule has 0 aliphatic rings. The molecule has 0 saturated carbocycles. The molecule has 19 heavy (non-hydrogen) atoms. The Morgan fingerprint density at radius 3 is 2.79 bits per heavy atom. The lowest BCUT2D eigenvalue weighted by Crippen LogP contribution is -2.07. The van der Waals surface area contributed by atoms with Gasteiger partial charge in [0.25, 0.3) is 0 Å². The minimum Gasteiger partial charge on any atom is -0.464 e. The number of ether oxygens (including phenoxy) is 1. The highest BCUT2D eigenvalue weighted by Crippen LogP contribution is 2.26. The van der Waals surface area contributed by atoms with Crippen molar-refractivity contribution in [2.75, 3.05) is 18.5 Å². The summed E-state index contributed by atoms with van der Waals surface area (Å²) in [6, 6.07) is 5.95. The fourth-order valence-electron chi connectivity index (χ4n) is 1.42. The maximum Gasteiger partial charge on any atom is 0.321 e. The minimum atomic E-state index is 0.287. The molecule has 1 N–H and O–H groups in total. The van der Waals surface area contributed by atoms with Crippen molar-refractivity contribution < 1.29 is 4.74 Å². The first-order valence-corrected chi connectivity index (χ1v) is 6.71. The predicted octanol–water partition coefficient (Wildman–Crippen LogP) is 2.30. The first kappa shape index (κ1) is 13.2. The van der Waals surface area contributed by atoms with Crippen molar-refractivity contribution in [1.29, 1.82) is 5.26 Å². The van der Waals surface area contributed by atoms with Crippen molar-refractivity contribution in [3.05, 3.63) is 17.0 Å². The van der Waals surface area contributed by atoms with E-state index in [-0.39, 0.29) is 6.01 Å². The number of nitriles is 1. The zero-order valence-corrected chi connectivity index (χ0v) is 11.5. The number of hydrogen-bond donors (Lipinski definition) is 1. The van der Waals surface area contributed by atoms with Gasteiger partial charge in [-0.3, -0.25) is 0 Å². The van der Waals surface area contributed by atoms with Crippen LogP contribution in [0, 0.1) is 11.3 Å². The fraction of sp³-hybridized carbons (Fsp3) is 0.333. The summed E-state index contributed by atoms with van der Waals surface area (Å²) in [6.45, 7) is 5.03. The molecule has 0 aliphatic heterocycles. The van der Waals surface area contributed by atoms with E-state index < -0.39 is 0 Å². The molecule has 7 heteroatoms. The lowest BCUT2D eigenvalue weighted by Gasteiger charge is -2.06. The second-order valence-corrected chi connectivity index (χ2v) is 4.59. The third kappa shape index (κ3) is 3.17. The van der Waals surface area contributed by atoms with Crippen LogP contribution < -0.4 is 10.1 Å². The van der Waals surface area contributed by atoms with Crippen molar-refractivity contribution in [2.45, 2.75) is 13.8 Å². The lowest BCUT2D eigenvalue weighted by atomic mass is 10.4. The molecule has 0 saturated heterocycles. The van der Waals surface area contributed by atoms with Crippen molar-refractivity contribution in [1.82, 2.24) is 15.0 Å². The Morgan fingerprint density at radius 2 is 2.16 bits per heavy atom. The summed E-state index contributed by atoms with van der Waals surface area (Å²) in [5, 5.41) is 11.9. The molecule has 2 aromatic heterocycles. The van der Waals surface area contributed by atoms with Gasteiger partial charge in [-0.15, -0.1) is 11.3 Å². The fourth-order valence-corrected chi connectivity index (χ4v) is 2.15. The number of rotatable bonds is 5. The van der Waals surface area contributed by atoms with Crippen LogP contribution in [0.2, 0.25) is 0 Å². The molecule has 2 aromatic rings. The monoisotopic (exact) mass is 275 g/mol. The van der Waals surface area contributed by atoms with E-state index in [4.69, 9.17) is 10.00 Å². The van der Waals surface area contributed by atoms with Crippen LogP contribution in [0.1, 0.15) is 18.7 Å². The number of anilines is 1. The van der Waals surface area contributed by atoms with Crippen LogP contribution in [0.25, 0.3) is 10.7 Å². The molecule has 98 valence electrons. The van der Waals surface area contributed by atoms with Crippen molar-refractivity contribution in [3.63, 3.8) is 0 Å². The molecule has 0 bridgehead atoms. The van der Waals surface area contributed by atoms with Gasteiger partial charge in [0.15, 0.2) is 5.82 Å². The van der Waals surface area contributed by atoms with E-state index in [9.17, 15) is 0 Å². The van der Waals surface area contributed by atoms with Crippen molar-refractivity contribution >= 4 is 17.3 Å². The van der Waals surface area contributed by atoms with Gasteiger partial charge < -0.3 is 10.1 Å². The van der Waals surface area contributed by atoms with E-state index in [1.807, 2.05) is 19.9 Å². The van der Waals surface area contributed by atoms with E-state index in [0.29, 0.717) is 29.8 Å². The first-order valence-electron chi connectivity index (χ1n) is 5.89. The molecule has 0 atom stereocenters. The lowest BCUT2D eigenvalue weighted by molar-refractivity contribution is 0.312. The number of thiophene rings is 1. The third-order valence-electron chi connectivity index (χ3n) is 2.16. The Labute approximate surface area is 115 Å². The molecule has 0 aromatic carbocycles. The Morgan fingerprint density at radius 1 is 1.32 bits per heavy atom. The molecule has 2 rings (SSSR count). The van der Waals surface area contributed by atoms with Crippen LogP contribution in [-0.4, -0.2) is 28.1 Å². The van der Waals surface area contributed by atoms with Gasteiger partial charge in [-0.1, -0.05) is 0 Å². The van der Waals surface area contributed by atoms with Crippen molar-refractivity contribution in [2.24, 2.45) is 0 Å². The van der Waals surface area contributed by atoms with Gasteiger partial charge in [0, 0.05) is 6.54 Å². The second kappa shape index (κ2) is 6.11. The highest BCUT2D eigenvalue weighted by Gasteiger charge is 2.11. The van der Waals surface area contributed by atoms with Gasteiger partial charge in [0.1, 0.15) is 10.9 Å². The number of nitrogens with one attached hydrogen (secondary N) is 1. The zero-order chi connectivity index (χ0) is 13.7. The molecular weight excluding hydrogens is 262 g/mol. The summed E-state index contributed by atoms with van der Waals surface area (Å²) >= 11 is 1.34. The summed E-state index contributed by atoms with van der Waals surface area (Å²) in [6.07, 6.45) is 0. The first-order chi connectivity index (χ1) is 9.26. The Balaban J connectivity index is 2.40. The summed E-state index contributed by atoms with van der Waals surface area (Å²) in [7, 11) is 0. The van der Waals surface area contributed by atoms with E-state index >= 15 is 0 Å². The van der Waals surface area contributed by atoms with Crippen LogP contribution in [0.5, 0.6) is 6.01 Å². The van der Waals surface area contributed by atoms with E-state index in [1.54, 1.807) is 6.07 Å². The van der Waals surface area contributed by atoms with Crippen LogP contribution >= 0.6 is 11.3 Å². The van der Waals surface area contributed by atoms with Crippen LogP contribution in [0.4, 0.5) is 5.95 Å². The van der Waals surface area contributed by atoms with E-state index in [1.165, 1.54) is 11.3 Å². The molecule has 0 amide bonds. The van der Waals surface area contributed by atoms with Gasteiger partial charge in [0.05, 0.1) is 11.5 Å². The van der Waals surface area contributed by atoms with Gasteiger partial charge >= 0.3 is 6.01 Å². The predicted molar refractivity (Wildman–Crippen MR) is 73.2 cm³/mol. The van der Waals surface area contributed by atoms with Crippen LogP contribution in [0.15, 0.2) is 12.1 Å². The van der Waals surface area contributed by atoms with E-state index in [0.717, 1.165) is 4.88 Å². The Bertz CT molecular complexity index is 580. The molecule has 6 nitrogen and oxygen atoms in total. The van der Waals surface area contributed by atoms with Crippen molar-refractivity contribution in [3.8, 4) is 22.8 Å². The maximum atomic E-state index is 8.85. The van der Waals surface area contributed by atoms with Gasteiger partial charge in [-0.05, 0) is 26.0 Å². The maximum absolute atomic E-state index is 8.85. The SMILES string of the molecule is CCNc1nc(OCC)nc(-c2ccc(C#N)s2)n1. The van der Waals surface area contributed by atoms with Crippen LogP contribution in [0.3, 0.4) is 0 Å². The quantitative estimate of drug-likeness (QED) is 0.901. The highest BCUT2D eigenvalue weighted by atomic mass is 32.1. The molecule has 2 heterocycles. The summed E-state index contributed by atoms with van der Waals surface area (Å²) in [5.74, 6) is 0.990. The largest absolute Gasteiger partial charge is 0.464 e. The highest BCUT2D eigenvalue weighted by molar-refractivity contribution is 7.15. The number of nitrogens with zero attached hydrogens (tertiary/aromatic N) is 4. The Kier molecular flexibility index (Phi) is 4.26. The minimum absolute atomic E-state index is 0.287. The summed E-state index contributed by atoms with van der Waals surface area (Å²) in [5.41, 5.74) is 0. The Hall–Kier alpha value is -2.20. The van der Waals surface area contributed by atoms with Crippen LogP contribution in [-0.2, 0) is 0 Å². The number of aromatic nitrogens is 3. The average Bonchev–Trinajstić information content (AvgIpc) is 2.88. The molecule has 0 unspecified atom stereocenters. The summed E-state index contributed by atoms with van der Waals surface area (Å²) < 4.78 is 5.33. The molecule has 0 spiro atoms. The molecule has 0 aliphatic carbocycles. The second-order valence-electron chi connectivity index (χ2n) is 3.50. The number of hydrogen-bond acceptors (Lipinski definition) is 7. The van der Waals surface area contributed by atoms with E-state index in [2.05, 4.69) is 26.3 Å².